The molecule has 0 aromatic heterocycles. The number of aliphatic imine (C=N–C) groups is 1. The first-order chi connectivity index (χ1) is 9.88. The van der Waals surface area contributed by atoms with Gasteiger partial charge in [0, 0.05) is 12.8 Å². The van der Waals surface area contributed by atoms with Crippen LogP contribution in [-0.4, -0.2) is 30.2 Å². The molecule has 1 aromatic carbocycles. The van der Waals surface area contributed by atoms with Gasteiger partial charge in [0.2, 0.25) is 0 Å². The first-order valence-electron chi connectivity index (χ1n) is 6.50. The molecule has 0 aliphatic heterocycles. The molecule has 0 radical (unpaired) electrons. The molecule has 0 heterocycles. The van der Waals surface area contributed by atoms with Crippen LogP contribution in [-0.2, 0) is 9.59 Å². The summed E-state index contributed by atoms with van der Waals surface area (Å²) in [4.78, 5) is 38.6. The highest BCUT2D eigenvalue weighted by molar-refractivity contribution is 6.36. The third-order valence-corrected chi connectivity index (χ3v) is 3.20. The lowest BCUT2D eigenvalue weighted by molar-refractivity contribution is -0.127. The normalized spacial score (nSPS) is 10.9. The number of rotatable bonds is 6. The number of carbonyl (C=O) groups excluding carboxylic acids is 3. The van der Waals surface area contributed by atoms with Crippen LogP contribution in [0.25, 0.3) is 0 Å². The molecule has 0 fully saturated rings. The van der Waals surface area contributed by atoms with Crippen LogP contribution in [0.15, 0.2) is 23.2 Å². The maximum Gasteiger partial charge on any atom is 0.252 e. The first kappa shape index (κ1) is 17.0. The average Bonchev–Trinajstić information content (AvgIpc) is 2.40. The third kappa shape index (κ3) is 4.49. The zero-order valence-electron chi connectivity index (χ0n) is 12.1. The molecule has 1 rings (SSSR count). The monoisotopic (exact) mass is 308 g/mol. The van der Waals surface area contributed by atoms with Crippen LogP contribution < -0.4 is 5.32 Å². The zero-order valence-corrected chi connectivity index (χ0v) is 12.9. The van der Waals surface area contributed by atoms with Gasteiger partial charge in [-0.15, -0.1) is 0 Å². The lowest BCUT2D eigenvalue weighted by Crippen LogP contribution is -2.23. The predicted molar refractivity (Wildman–Crippen MR) is 82.5 cm³/mol. The number of halogens is 1. The van der Waals surface area contributed by atoms with E-state index < -0.39 is 5.92 Å². The molecule has 6 heteroatoms. The van der Waals surface area contributed by atoms with E-state index in [2.05, 4.69) is 10.3 Å². The summed E-state index contributed by atoms with van der Waals surface area (Å²) in [6, 6.07) is 4.83. The molecule has 0 spiro atoms. The van der Waals surface area contributed by atoms with Crippen molar-refractivity contribution >= 4 is 41.0 Å². The van der Waals surface area contributed by atoms with Crippen molar-refractivity contribution in [2.75, 3.05) is 6.54 Å². The van der Waals surface area contributed by atoms with Crippen LogP contribution in [0, 0.1) is 5.92 Å². The number of hydrogen-bond acceptors (Lipinski definition) is 4. The predicted octanol–water partition coefficient (Wildman–Crippen LogP) is 2.59. The van der Waals surface area contributed by atoms with Crippen LogP contribution in [0.4, 0.5) is 5.69 Å². The number of nitrogens with zero attached hydrogens (tertiary/aromatic N) is 1. The summed E-state index contributed by atoms with van der Waals surface area (Å²) in [6.45, 7) is 4.94. The van der Waals surface area contributed by atoms with Crippen LogP contribution in [0.3, 0.4) is 0 Å². The molecule has 5 nitrogen and oxygen atoms in total. The van der Waals surface area contributed by atoms with Gasteiger partial charge in [0.15, 0.2) is 0 Å². The van der Waals surface area contributed by atoms with E-state index in [0.717, 1.165) is 0 Å². The Labute approximate surface area is 128 Å². The van der Waals surface area contributed by atoms with Crippen molar-refractivity contribution in [3.05, 3.63) is 28.8 Å². The first-order valence-corrected chi connectivity index (χ1v) is 6.88. The van der Waals surface area contributed by atoms with Gasteiger partial charge < -0.3 is 5.32 Å². The van der Waals surface area contributed by atoms with Crippen molar-refractivity contribution in [1.82, 2.24) is 5.32 Å². The third-order valence-electron chi connectivity index (χ3n) is 2.80. The average molecular weight is 309 g/mol. The molecule has 1 amide bonds. The second kappa shape index (κ2) is 7.69. The maximum absolute atomic E-state index is 11.8. The number of hydrogen-bond donors (Lipinski definition) is 1. The summed E-state index contributed by atoms with van der Waals surface area (Å²) in [5.41, 5.74) is 0.642. The fourth-order valence-electron chi connectivity index (χ4n) is 1.70. The van der Waals surface area contributed by atoms with Gasteiger partial charge in [-0.1, -0.05) is 17.7 Å². The van der Waals surface area contributed by atoms with E-state index in [1.807, 2.05) is 0 Å². The standard InChI is InChI=1S/C15H17ClN2O3/c1-4-17-15(21)11-6-5-7-13(14(11)16)18-8-12(9(2)19)10(3)20/h5-8,12H,4H2,1-3H3,(H,17,21). The molecule has 0 aliphatic rings. The molecule has 0 unspecified atom stereocenters. The molecule has 112 valence electrons. The Kier molecular flexibility index (Phi) is 6.24. The molecular formula is C15H17ClN2O3. The number of carbonyl (C=O) groups is 3. The highest BCUT2D eigenvalue weighted by Crippen LogP contribution is 2.28. The van der Waals surface area contributed by atoms with Gasteiger partial charge in [-0.05, 0) is 32.9 Å². The zero-order chi connectivity index (χ0) is 16.0. The fourth-order valence-corrected chi connectivity index (χ4v) is 1.96. The summed E-state index contributed by atoms with van der Waals surface area (Å²) in [7, 11) is 0. The van der Waals surface area contributed by atoms with Gasteiger partial charge in [-0.3, -0.25) is 19.4 Å². The Balaban J connectivity index is 3.10. The largest absolute Gasteiger partial charge is 0.352 e. The lowest BCUT2D eigenvalue weighted by Gasteiger charge is -2.07. The Hall–Kier alpha value is -2.01. The lowest BCUT2D eigenvalue weighted by atomic mass is 10.0. The summed E-state index contributed by atoms with van der Waals surface area (Å²) in [5.74, 6) is -1.77. The minimum atomic E-state index is -0.894. The number of nitrogens with one attached hydrogen (secondary N) is 1. The van der Waals surface area contributed by atoms with E-state index in [1.54, 1.807) is 25.1 Å². The highest BCUT2D eigenvalue weighted by atomic mass is 35.5. The molecule has 0 aliphatic carbocycles. The number of amides is 1. The maximum atomic E-state index is 11.8. The Bertz CT molecular complexity index is 583. The molecule has 0 saturated carbocycles. The van der Waals surface area contributed by atoms with Gasteiger partial charge in [-0.25, -0.2) is 0 Å². The Morgan fingerprint density at radius 1 is 1.29 bits per heavy atom. The molecule has 0 atom stereocenters. The number of Topliss-reactive ketones (excluding diaryl/α,β-unsaturated/α-hetero) is 2. The van der Waals surface area contributed by atoms with E-state index in [-0.39, 0.29) is 22.5 Å². The molecule has 1 N–H and O–H groups in total. The van der Waals surface area contributed by atoms with Crippen LogP contribution in [0.2, 0.25) is 5.02 Å². The molecule has 0 saturated heterocycles. The fraction of sp³-hybridized carbons (Fsp3) is 0.333. The van der Waals surface area contributed by atoms with Crippen molar-refractivity contribution < 1.29 is 14.4 Å². The number of benzene rings is 1. The smallest absolute Gasteiger partial charge is 0.252 e. The summed E-state index contributed by atoms with van der Waals surface area (Å²) >= 11 is 6.14. The minimum absolute atomic E-state index is 0.186. The number of ketones is 2. The van der Waals surface area contributed by atoms with E-state index >= 15 is 0 Å². The van der Waals surface area contributed by atoms with Crippen LogP contribution in [0.5, 0.6) is 0 Å². The SMILES string of the molecule is CCNC(=O)c1cccc(N=CC(C(C)=O)C(C)=O)c1Cl. The van der Waals surface area contributed by atoms with Crippen molar-refractivity contribution in [2.24, 2.45) is 10.9 Å². The van der Waals surface area contributed by atoms with Crippen molar-refractivity contribution in [2.45, 2.75) is 20.8 Å². The second-order valence-electron chi connectivity index (χ2n) is 4.48. The van der Waals surface area contributed by atoms with Crippen LogP contribution >= 0.6 is 11.6 Å². The van der Waals surface area contributed by atoms with Crippen LogP contribution in [0.1, 0.15) is 31.1 Å². The van der Waals surface area contributed by atoms with Crippen molar-refractivity contribution in [1.29, 1.82) is 0 Å². The van der Waals surface area contributed by atoms with Gasteiger partial charge in [0.1, 0.15) is 17.5 Å². The molecule has 21 heavy (non-hydrogen) atoms. The van der Waals surface area contributed by atoms with Gasteiger partial charge in [0.25, 0.3) is 5.91 Å². The van der Waals surface area contributed by atoms with E-state index in [9.17, 15) is 14.4 Å². The van der Waals surface area contributed by atoms with E-state index in [1.165, 1.54) is 20.1 Å². The van der Waals surface area contributed by atoms with Gasteiger partial charge in [0.05, 0.1) is 16.3 Å². The van der Waals surface area contributed by atoms with E-state index in [4.69, 9.17) is 11.6 Å². The molecule has 0 bridgehead atoms. The summed E-state index contributed by atoms with van der Waals surface area (Å²) < 4.78 is 0. The highest BCUT2D eigenvalue weighted by Gasteiger charge is 2.17. The quantitative estimate of drug-likeness (QED) is 0.648. The van der Waals surface area contributed by atoms with Gasteiger partial charge in [-0.2, -0.15) is 0 Å². The Morgan fingerprint density at radius 3 is 2.43 bits per heavy atom. The van der Waals surface area contributed by atoms with Crippen molar-refractivity contribution in [3.63, 3.8) is 0 Å². The van der Waals surface area contributed by atoms with Crippen molar-refractivity contribution in [3.8, 4) is 0 Å². The topological polar surface area (TPSA) is 75.6 Å². The van der Waals surface area contributed by atoms with Gasteiger partial charge >= 0.3 is 0 Å². The minimum Gasteiger partial charge on any atom is -0.352 e. The molecule has 1 aromatic rings. The summed E-state index contributed by atoms with van der Waals surface area (Å²) in [6.07, 6.45) is 1.26. The van der Waals surface area contributed by atoms with E-state index in [0.29, 0.717) is 17.8 Å². The second-order valence-corrected chi connectivity index (χ2v) is 4.85. The molecular weight excluding hydrogens is 292 g/mol. The Morgan fingerprint density at radius 2 is 1.90 bits per heavy atom. The summed E-state index contributed by atoms with van der Waals surface area (Å²) in [5, 5.41) is 2.83.